The van der Waals surface area contributed by atoms with Crippen LogP contribution in [0, 0.1) is 5.92 Å². The maximum Gasteiger partial charge on any atom is 0.225 e. The maximum atomic E-state index is 6.13. The average Bonchev–Trinajstić information content (AvgIpc) is 2.50. The summed E-state index contributed by atoms with van der Waals surface area (Å²) in [5.41, 5.74) is 0. The molecule has 1 rings (SSSR count). The summed E-state index contributed by atoms with van der Waals surface area (Å²) in [6.07, 6.45) is 0. The van der Waals surface area contributed by atoms with Crippen molar-refractivity contribution in [1.82, 2.24) is 4.37 Å². The predicted octanol–water partition coefficient (Wildman–Crippen LogP) is 3.09. The lowest BCUT2D eigenvalue weighted by molar-refractivity contribution is 0.402. The van der Waals surface area contributed by atoms with Crippen molar-refractivity contribution in [1.29, 1.82) is 0 Å². The fourth-order valence-corrected chi connectivity index (χ4v) is 1.86. The van der Waals surface area contributed by atoms with E-state index in [0.717, 1.165) is 4.88 Å². The van der Waals surface area contributed by atoms with Crippen molar-refractivity contribution in [3.05, 3.63) is 10.9 Å². The molecule has 2 nitrogen and oxygen atoms in total. The molecule has 1 atom stereocenters. The van der Waals surface area contributed by atoms with E-state index in [1.807, 2.05) is 6.07 Å². The third-order valence-electron chi connectivity index (χ3n) is 1.57. The number of halogens is 1. The van der Waals surface area contributed by atoms with Gasteiger partial charge in [0.05, 0.1) is 12.5 Å². The van der Waals surface area contributed by atoms with E-state index in [0.29, 0.717) is 11.8 Å². The van der Waals surface area contributed by atoms with Gasteiger partial charge in [-0.2, -0.15) is 4.37 Å². The topological polar surface area (TPSA) is 22.1 Å². The second kappa shape index (κ2) is 4.10. The molecule has 4 heteroatoms. The Morgan fingerprint density at radius 2 is 2.25 bits per heavy atom. The summed E-state index contributed by atoms with van der Waals surface area (Å²) in [7, 11) is 1.61. The van der Waals surface area contributed by atoms with Crippen LogP contribution in [-0.4, -0.2) is 11.5 Å². The summed E-state index contributed by atoms with van der Waals surface area (Å²) in [6, 6.07) is 1.89. The lowest BCUT2D eigenvalue weighted by Crippen LogP contribution is -1.95. The molecule has 68 valence electrons. The van der Waals surface area contributed by atoms with Gasteiger partial charge >= 0.3 is 0 Å². The second-order valence-corrected chi connectivity index (χ2v) is 4.22. The van der Waals surface area contributed by atoms with Crippen LogP contribution in [0.2, 0.25) is 0 Å². The fourth-order valence-electron chi connectivity index (χ4n) is 0.827. The van der Waals surface area contributed by atoms with Crippen molar-refractivity contribution in [3.63, 3.8) is 0 Å². The molecule has 0 bridgehead atoms. The van der Waals surface area contributed by atoms with Crippen LogP contribution < -0.4 is 4.74 Å². The third kappa shape index (κ3) is 2.11. The molecule has 0 amide bonds. The second-order valence-electron chi connectivity index (χ2n) is 2.92. The average molecular weight is 206 g/mol. The van der Waals surface area contributed by atoms with Crippen molar-refractivity contribution in [2.24, 2.45) is 5.92 Å². The zero-order valence-electron chi connectivity index (χ0n) is 7.37. The summed E-state index contributed by atoms with van der Waals surface area (Å²) >= 11 is 7.53. The Labute approximate surface area is 81.7 Å². The van der Waals surface area contributed by atoms with Gasteiger partial charge < -0.3 is 4.74 Å². The number of alkyl halides is 1. The fraction of sp³-hybridized carbons (Fsp3) is 0.625. The van der Waals surface area contributed by atoms with Crippen LogP contribution in [0.1, 0.15) is 24.1 Å². The van der Waals surface area contributed by atoms with E-state index in [4.69, 9.17) is 16.3 Å². The Hall–Kier alpha value is -0.280. The largest absolute Gasteiger partial charge is 0.480 e. The van der Waals surface area contributed by atoms with Crippen LogP contribution in [0.3, 0.4) is 0 Å². The first-order chi connectivity index (χ1) is 5.65. The minimum absolute atomic E-state index is 0.0476. The highest BCUT2D eigenvalue weighted by atomic mass is 35.5. The molecule has 0 aliphatic heterocycles. The highest BCUT2D eigenvalue weighted by Crippen LogP contribution is 2.33. The Bertz CT molecular complexity index is 249. The number of nitrogens with zero attached hydrogens (tertiary/aromatic N) is 1. The summed E-state index contributed by atoms with van der Waals surface area (Å²) < 4.78 is 9.04. The van der Waals surface area contributed by atoms with Gasteiger partial charge in [-0.15, -0.1) is 11.6 Å². The zero-order valence-corrected chi connectivity index (χ0v) is 8.95. The quantitative estimate of drug-likeness (QED) is 0.708. The van der Waals surface area contributed by atoms with E-state index in [1.54, 1.807) is 7.11 Å². The monoisotopic (exact) mass is 205 g/mol. The lowest BCUT2D eigenvalue weighted by atomic mass is 10.1. The SMILES string of the molecule is COc1cc(C(Cl)C(C)C)sn1. The van der Waals surface area contributed by atoms with Crippen molar-refractivity contribution in [2.45, 2.75) is 19.2 Å². The molecule has 12 heavy (non-hydrogen) atoms. The van der Waals surface area contributed by atoms with Crippen LogP contribution in [-0.2, 0) is 0 Å². The minimum Gasteiger partial charge on any atom is -0.480 e. The summed E-state index contributed by atoms with van der Waals surface area (Å²) in [6.45, 7) is 4.17. The van der Waals surface area contributed by atoms with Crippen LogP contribution in [0.25, 0.3) is 0 Å². The van der Waals surface area contributed by atoms with Crippen molar-refractivity contribution >= 4 is 23.1 Å². The van der Waals surface area contributed by atoms with Crippen molar-refractivity contribution in [2.75, 3.05) is 7.11 Å². The van der Waals surface area contributed by atoms with Crippen molar-refractivity contribution in [3.8, 4) is 5.88 Å². The molecular formula is C8H12ClNOS. The number of hydrogen-bond acceptors (Lipinski definition) is 3. The molecule has 0 saturated heterocycles. The molecule has 1 unspecified atom stereocenters. The number of aromatic nitrogens is 1. The summed E-state index contributed by atoms with van der Waals surface area (Å²) in [4.78, 5) is 1.07. The molecule has 0 saturated carbocycles. The van der Waals surface area contributed by atoms with Crippen molar-refractivity contribution < 1.29 is 4.74 Å². The molecule has 0 spiro atoms. The van der Waals surface area contributed by atoms with Gasteiger partial charge in [0.15, 0.2) is 0 Å². The predicted molar refractivity (Wildman–Crippen MR) is 52.1 cm³/mol. The van der Waals surface area contributed by atoms with Gasteiger partial charge in [-0.1, -0.05) is 13.8 Å². The summed E-state index contributed by atoms with van der Waals surface area (Å²) in [5.74, 6) is 1.08. The van der Waals surface area contributed by atoms with Crippen LogP contribution in [0.5, 0.6) is 5.88 Å². The van der Waals surface area contributed by atoms with Crippen LogP contribution >= 0.6 is 23.1 Å². The normalized spacial score (nSPS) is 13.4. The molecule has 1 aromatic heterocycles. The van der Waals surface area contributed by atoms with E-state index in [2.05, 4.69) is 18.2 Å². The van der Waals surface area contributed by atoms with E-state index < -0.39 is 0 Å². The first-order valence-corrected chi connectivity index (χ1v) is 5.00. The molecule has 0 aromatic carbocycles. The third-order valence-corrected chi connectivity index (χ3v) is 3.30. The molecule has 0 N–H and O–H groups in total. The van der Waals surface area contributed by atoms with Gasteiger partial charge in [0.2, 0.25) is 5.88 Å². The van der Waals surface area contributed by atoms with Gasteiger partial charge in [0.1, 0.15) is 0 Å². The first kappa shape index (κ1) is 9.81. The molecular weight excluding hydrogens is 194 g/mol. The van der Waals surface area contributed by atoms with Crippen LogP contribution in [0.15, 0.2) is 6.07 Å². The molecule has 1 aromatic rings. The highest BCUT2D eigenvalue weighted by molar-refractivity contribution is 7.06. The maximum absolute atomic E-state index is 6.13. The van der Waals surface area contributed by atoms with Crippen LogP contribution in [0.4, 0.5) is 0 Å². The number of ether oxygens (including phenoxy) is 1. The molecule has 0 fully saturated rings. The Morgan fingerprint density at radius 3 is 2.67 bits per heavy atom. The molecule has 0 radical (unpaired) electrons. The van der Waals surface area contributed by atoms with E-state index in [1.165, 1.54) is 11.5 Å². The molecule has 1 heterocycles. The Kier molecular flexibility index (Phi) is 3.35. The number of hydrogen-bond donors (Lipinski definition) is 0. The number of rotatable bonds is 3. The number of methoxy groups -OCH3 is 1. The minimum atomic E-state index is 0.0476. The van der Waals surface area contributed by atoms with Gasteiger partial charge in [-0.05, 0) is 17.5 Å². The van der Waals surface area contributed by atoms with E-state index >= 15 is 0 Å². The van der Waals surface area contributed by atoms with Gasteiger partial charge in [0, 0.05) is 10.9 Å². The highest BCUT2D eigenvalue weighted by Gasteiger charge is 2.15. The Morgan fingerprint density at radius 1 is 1.58 bits per heavy atom. The lowest BCUT2D eigenvalue weighted by Gasteiger charge is -2.08. The standard InChI is InChI=1S/C8H12ClNOS/c1-5(2)8(9)6-4-7(11-3)10-12-6/h4-5,8H,1-3H3. The Balaban J connectivity index is 2.74. The zero-order chi connectivity index (χ0) is 9.14. The summed E-state index contributed by atoms with van der Waals surface area (Å²) in [5, 5.41) is 0.0476. The molecule has 0 aliphatic carbocycles. The van der Waals surface area contributed by atoms with Gasteiger partial charge in [-0.3, -0.25) is 0 Å². The van der Waals surface area contributed by atoms with E-state index in [9.17, 15) is 0 Å². The van der Waals surface area contributed by atoms with E-state index in [-0.39, 0.29) is 5.38 Å². The first-order valence-electron chi connectivity index (χ1n) is 3.79. The van der Waals surface area contributed by atoms with Gasteiger partial charge in [0.25, 0.3) is 0 Å². The van der Waals surface area contributed by atoms with Gasteiger partial charge in [-0.25, -0.2) is 0 Å². The molecule has 0 aliphatic rings. The smallest absolute Gasteiger partial charge is 0.225 e.